The Labute approximate surface area is 199 Å². The lowest BCUT2D eigenvalue weighted by molar-refractivity contribution is 0.0957. The molecule has 7 nitrogen and oxygen atoms in total. The highest BCUT2D eigenvalue weighted by Gasteiger charge is 2.24. The summed E-state index contributed by atoms with van der Waals surface area (Å²) in [5, 5.41) is 4.10. The Kier molecular flexibility index (Phi) is 7.77. The number of nitrogens with zero attached hydrogens (tertiary/aromatic N) is 4. The van der Waals surface area contributed by atoms with E-state index in [0.717, 1.165) is 71.4 Å². The molecule has 4 rings (SSSR count). The van der Waals surface area contributed by atoms with Crippen LogP contribution in [0.15, 0.2) is 30.6 Å². The lowest BCUT2D eigenvalue weighted by Gasteiger charge is -2.35. The van der Waals surface area contributed by atoms with E-state index in [1.165, 1.54) is 23.3 Å². The Balaban J connectivity index is 1.42. The molecular weight excluding hydrogens is 434 g/mol. The van der Waals surface area contributed by atoms with Crippen LogP contribution < -0.4 is 15.0 Å². The van der Waals surface area contributed by atoms with Crippen LogP contribution in [-0.4, -0.2) is 66.7 Å². The predicted molar refractivity (Wildman–Crippen MR) is 135 cm³/mol. The maximum atomic E-state index is 13.0. The van der Waals surface area contributed by atoms with Gasteiger partial charge in [-0.1, -0.05) is 19.1 Å². The monoisotopic (exact) mass is 467 g/mol. The van der Waals surface area contributed by atoms with Crippen molar-refractivity contribution >= 4 is 33.3 Å². The predicted octanol–water partition coefficient (Wildman–Crippen LogP) is 3.90. The Morgan fingerprint density at radius 1 is 1.12 bits per heavy atom. The molecule has 0 aliphatic carbocycles. The van der Waals surface area contributed by atoms with Crippen LogP contribution in [0.1, 0.15) is 41.1 Å². The summed E-state index contributed by atoms with van der Waals surface area (Å²) < 4.78 is 5.49. The summed E-state index contributed by atoms with van der Waals surface area (Å²) in [5.41, 5.74) is 2.14. The number of nitrogens with one attached hydrogen (secondary N) is 1. The van der Waals surface area contributed by atoms with Crippen molar-refractivity contribution < 1.29 is 9.53 Å². The highest BCUT2D eigenvalue weighted by atomic mass is 32.1. The number of aryl methyl sites for hydroxylation is 1. The van der Waals surface area contributed by atoms with E-state index in [1.54, 1.807) is 6.33 Å². The quantitative estimate of drug-likeness (QED) is 0.515. The molecule has 1 aromatic carbocycles. The normalized spacial score (nSPS) is 14.6. The molecule has 3 aromatic rings. The molecular formula is C25H33N5O2S. The maximum absolute atomic E-state index is 13.0. The number of carbonyl (C=O) groups excluding carboxylic acids is 1. The molecule has 0 saturated carbocycles. The zero-order valence-electron chi connectivity index (χ0n) is 19.8. The maximum Gasteiger partial charge on any atom is 0.261 e. The highest BCUT2D eigenvalue weighted by Crippen LogP contribution is 2.35. The van der Waals surface area contributed by atoms with Gasteiger partial charge in [0.25, 0.3) is 5.91 Å². The molecule has 3 heterocycles. The molecule has 2 aromatic heterocycles. The third kappa shape index (κ3) is 5.45. The fourth-order valence-corrected chi connectivity index (χ4v) is 5.39. The van der Waals surface area contributed by atoms with Crippen molar-refractivity contribution in [2.45, 2.75) is 33.6 Å². The smallest absolute Gasteiger partial charge is 0.261 e. The van der Waals surface area contributed by atoms with Crippen molar-refractivity contribution in [2.24, 2.45) is 0 Å². The summed E-state index contributed by atoms with van der Waals surface area (Å²) in [6.45, 7) is 12.6. The van der Waals surface area contributed by atoms with Crippen molar-refractivity contribution in [3.05, 3.63) is 46.6 Å². The van der Waals surface area contributed by atoms with Crippen LogP contribution in [-0.2, 0) is 6.42 Å². The number of benzene rings is 1. The summed E-state index contributed by atoms with van der Waals surface area (Å²) in [4.78, 5) is 28.5. The van der Waals surface area contributed by atoms with E-state index >= 15 is 0 Å². The van der Waals surface area contributed by atoms with Gasteiger partial charge >= 0.3 is 0 Å². The number of amides is 1. The molecule has 176 valence electrons. The summed E-state index contributed by atoms with van der Waals surface area (Å²) in [6.07, 6.45) is 3.58. The summed E-state index contributed by atoms with van der Waals surface area (Å²) in [6, 6.07) is 8.03. The number of carbonyl (C=O) groups is 1. The van der Waals surface area contributed by atoms with Crippen LogP contribution in [0.5, 0.6) is 5.75 Å². The van der Waals surface area contributed by atoms with Crippen molar-refractivity contribution in [1.29, 1.82) is 0 Å². The fraction of sp³-hybridized carbons (Fsp3) is 0.480. The second-order valence-electron chi connectivity index (χ2n) is 8.35. The molecule has 1 aliphatic rings. The minimum atomic E-state index is -0.0415. The SMILES string of the molecule is CCCN1CCN(c2ncnc3sc(C(=O)NCCc4ccc(OCC)cc4)c(C)c23)CC1. The zero-order valence-corrected chi connectivity index (χ0v) is 20.6. The largest absolute Gasteiger partial charge is 0.494 e. The number of fused-ring (bicyclic) bond motifs is 1. The summed E-state index contributed by atoms with van der Waals surface area (Å²) in [7, 11) is 0. The molecule has 0 bridgehead atoms. The van der Waals surface area contributed by atoms with Gasteiger partial charge in [0.1, 0.15) is 22.7 Å². The van der Waals surface area contributed by atoms with Crippen molar-refractivity contribution in [1.82, 2.24) is 20.2 Å². The Morgan fingerprint density at radius 3 is 2.58 bits per heavy atom. The van der Waals surface area contributed by atoms with Gasteiger partial charge in [-0.3, -0.25) is 9.69 Å². The van der Waals surface area contributed by atoms with Gasteiger partial charge in [0.15, 0.2) is 0 Å². The number of aromatic nitrogens is 2. The van der Waals surface area contributed by atoms with E-state index in [-0.39, 0.29) is 5.91 Å². The van der Waals surface area contributed by atoms with E-state index in [2.05, 4.69) is 32.0 Å². The summed E-state index contributed by atoms with van der Waals surface area (Å²) in [5.74, 6) is 1.79. The van der Waals surface area contributed by atoms with E-state index in [9.17, 15) is 4.79 Å². The van der Waals surface area contributed by atoms with Gasteiger partial charge in [0.05, 0.1) is 16.9 Å². The average Bonchev–Trinajstić information content (AvgIpc) is 3.18. The van der Waals surface area contributed by atoms with Crippen LogP contribution in [0, 0.1) is 6.92 Å². The molecule has 1 amide bonds. The Morgan fingerprint density at radius 2 is 1.88 bits per heavy atom. The number of rotatable bonds is 9. The lowest BCUT2D eigenvalue weighted by atomic mass is 10.1. The topological polar surface area (TPSA) is 70.6 Å². The van der Waals surface area contributed by atoms with Crippen LogP contribution in [0.3, 0.4) is 0 Å². The third-order valence-corrected chi connectivity index (χ3v) is 7.26. The van der Waals surface area contributed by atoms with Crippen molar-refractivity contribution in [3.63, 3.8) is 0 Å². The van der Waals surface area contributed by atoms with Gasteiger partial charge in [0.2, 0.25) is 0 Å². The number of anilines is 1. The number of piperazine rings is 1. The van der Waals surface area contributed by atoms with Gasteiger partial charge < -0.3 is 15.0 Å². The molecule has 0 unspecified atom stereocenters. The van der Waals surface area contributed by atoms with E-state index in [1.807, 2.05) is 38.1 Å². The first-order valence-corrected chi connectivity index (χ1v) is 12.6. The van der Waals surface area contributed by atoms with Crippen molar-refractivity contribution in [2.75, 3.05) is 50.8 Å². The number of ether oxygens (including phenoxy) is 1. The van der Waals surface area contributed by atoms with Crippen LogP contribution in [0.25, 0.3) is 10.2 Å². The molecule has 0 atom stereocenters. The van der Waals surface area contributed by atoms with E-state index < -0.39 is 0 Å². The molecule has 1 fully saturated rings. The van der Waals surface area contributed by atoms with Crippen LogP contribution in [0.2, 0.25) is 0 Å². The van der Waals surface area contributed by atoms with Gasteiger partial charge in [-0.05, 0) is 56.5 Å². The Bertz CT molecular complexity index is 1070. The molecule has 33 heavy (non-hydrogen) atoms. The fourth-order valence-electron chi connectivity index (χ4n) is 4.33. The standard InChI is InChI=1S/C25H33N5O2S/c1-4-12-29-13-15-30(16-14-29)23-21-18(3)22(33-25(21)28-17-27-23)24(31)26-11-10-19-6-8-20(9-7-19)32-5-2/h6-9,17H,4-5,10-16H2,1-3H3,(H,26,31). The number of hydrogen-bond acceptors (Lipinski definition) is 7. The third-order valence-electron chi connectivity index (χ3n) is 6.06. The van der Waals surface area contributed by atoms with Gasteiger partial charge in [-0.2, -0.15) is 0 Å². The first-order valence-electron chi connectivity index (χ1n) is 11.8. The molecule has 1 aliphatic heterocycles. The Hall–Kier alpha value is -2.71. The minimum Gasteiger partial charge on any atom is -0.494 e. The molecule has 8 heteroatoms. The second-order valence-corrected chi connectivity index (χ2v) is 9.34. The first kappa shape index (κ1) is 23.4. The number of hydrogen-bond donors (Lipinski definition) is 1. The van der Waals surface area contributed by atoms with Crippen LogP contribution in [0.4, 0.5) is 5.82 Å². The van der Waals surface area contributed by atoms with Gasteiger partial charge in [0, 0.05) is 32.7 Å². The molecule has 1 N–H and O–H groups in total. The average molecular weight is 468 g/mol. The zero-order chi connectivity index (χ0) is 23.2. The lowest BCUT2D eigenvalue weighted by Crippen LogP contribution is -2.46. The second kappa shape index (κ2) is 10.9. The van der Waals surface area contributed by atoms with Crippen LogP contribution >= 0.6 is 11.3 Å². The van der Waals surface area contributed by atoms with Gasteiger partial charge in [-0.25, -0.2) is 9.97 Å². The minimum absolute atomic E-state index is 0.0415. The number of thiophene rings is 1. The van der Waals surface area contributed by atoms with Gasteiger partial charge in [-0.15, -0.1) is 11.3 Å². The first-order chi connectivity index (χ1) is 16.1. The summed E-state index contributed by atoms with van der Waals surface area (Å²) >= 11 is 1.46. The molecule has 1 saturated heterocycles. The molecule has 0 radical (unpaired) electrons. The highest BCUT2D eigenvalue weighted by molar-refractivity contribution is 7.20. The van der Waals surface area contributed by atoms with E-state index in [0.29, 0.717) is 13.2 Å². The van der Waals surface area contributed by atoms with E-state index in [4.69, 9.17) is 4.74 Å². The molecule has 0 spiro atoms. The van der Waals surface area contributed by atoms with Crippen molar-refractivity contribution in [3.8, 4) is 5.75 Å².